The van der Waals surface area contributed by atoms with Crippen molar-refractivity contribution in [3.8, 4) is 0 Å². The number of carbonyl (C=O) groups is 1. The quantitative estimate of drug-likeness (QED) is 0.603. The smallest absolute Gasteiger partial charge is 0.408 e. The lowest BCUT2D eigenvalue weighted by Crippen LogP contribution is -2.44. The number of amides is 1. The van der Waals surface area contributed by atoms with Crippen molar-refractivity contribution >= 4 is 6.09 Å². The molecule has 0 aromatic heterocycles. The first-order chi connectivity index (χ1) is 11.6. The third-order valence-electron chi connectivity index (χ3n) is 3.37. The summed E-state index contributed by atoms with van der Waals surface area (Å²) in [6.07, 6.45) is 1.48. The lowest BCUT2D eigenvalue weighted by molar-refractivity contribution is -0.145. The van der Waals surface area contributed by atoms with Crippen LogP contribution in [0.3, 0.4) is 0 Å². The zero-order valence-electron chi connectivity index (χ0n) is 16.6. The topological polar surface area (TPSA) is 75.3 Å². The average Bonchev–Trinajstić information content (AvgIpc) is 2.80. The van der Waals surface area contributed by atoms with Gasteiger partial charge in [-0.15, -0.1) is 0 Å². The lowest BCUT2D eigenvalue weighted by Gasteiger charge is -2.24. The van der Waals surface area contributed by atoms with Gasteiger partial charge in [-0.3, -0.25) is 0 Å². The molecule has 1 aliphatic heterocycles. The summed E-state index contributed by atoms with van der Waals surface area (Å²) in [6.45, 7) is 13.6. The van der Waals surface area contributed by atoms with E-state index in [1.165, 1.54) is 0 Å². The van der Waals surface area contributed by atoms with Gasteiger partial charge in [-0.25, -0.2) is 4.79 Å². The highest BCUT2D eigenvalue weighted by Gasteiger charge is 2.32. The van der Waals surface area contributed by atoms with Crippen LogP contribution >= 0.6 is 0 Å². The van der Waals surface area contributed by atoms with Gasteiger partial charge in [-0.05, 0) is 41.0 Å². The molecule has 2 atom stereocenters. The number of carbonyl (C=O) groups excluding carboxylic acids is 1. The van der Waals surface area contributed by atoms with Crippen LogP contribution in [0.25, 0.3) is 0 Å². The molecule has 1 heterocycles. The number of nitrogens with one attached hydrogen (secondary N) is 1. The Balaban J connectivity index is 2.37. The number of ether oxygens (including phenoxy) is 5. The van der Waals surface area contributed by atoms with Crippen LogP contribution in [0.5, 0.6) is 0 Å². The molecule has 0 aromatic rings. The van der Waals surface area contributed by atoms with Crippen molar-refractivity contribution in [1.29, 1.82) is 0 Å². The number of unbranched alkanes of at least 4 members (excludes halogenated alkanes) is 1. The Bertz CT molecular complexity index is 394. The molecule has 1 fully saturated rings. The third kappa shape index (κ3) is 10.6. The molecule has 0 saturated carbocycles. The third-order valence-corrected chi connectivity index (χ3v) is 3.37. The molecule has 148 valence electrons. The second-order valence-electron chi connectivity index (χ2n) is 7.76. The van der Waals surface area contributed by atoms with Crippen LogP contribution in [0.1, 0.15) is 54.4 Å². The fourth-order valence-corrected chi connectivity index (χ4v) is 2.26. The average molecular weight is 361 g/mol. The van der Waals surface area contributed by atoms with Crippen LogP contribution in [-0.4, -0.2) is 62.7 Å². The highest BCUT2D eigenvalue weighted by molar-refractivity contribution is 5.68. The Morgan fingerprint density at radius 1 is 1.28 bits per heavy atom. The summed E-state index contributed by atoms with van der Waals surface area (Å²) < 4.78 is 27.8. The van der Waals surface area contributed by atoms with Gasteiger partial charge in [0.15, 0.2) is 5.79 Å². The van der Waals surface area contributed by atoms with Crippen LogP contribution in [0.2, 0.25) is 0 Å². The Hall–Kier alpha value is -0.890. The zero-order chi connectivity index (χ0) is 18.9. The molecule has 25 heavy (non-hydrogen) atoms. The van der Waals surface area contributed by atoms with Gasteiger partial charge in [0, 0.05) is 6.61 Å². The van der Waals surface area contributed by atoms with Gasteiger partial charge >= 0.3 is 6.09 Å². The molecule has 0 radical (unpaired) electrons. The normalized spacial score (nSPS) is 21.1. The summed E-state index contributed by atoms with van der Waals surface area (Å²) >= 11 is 0. The van der Waals surface area contributed by atoms with Gasteiger partial charge < -0.3 is 29.0 Å². The summed E-state index contributed by atoms with van der Waals surface area (Å²) in [4.78, 5) is 12.0. The molecule has 1 aliphatic rings. The SMILES string of the molecule is CCCCOC[C@H](COC[C@@H]1COC(C)(C)O1)NC(=O)OC(C)(C)C. The fraction of sp³-hybridized carbons (Fsp3) is 0.944. The minimum Gasteiger partial charge on any atom is -0.444 e. The van der Waals surface area contributed by atoms with E-state index >= 15 is 0 Å². The lowest BCUT2D eigenvalue weighted by atomic mass is 10.2. The van der Waals surface area contributed by atoms with E-state index in [1.54, 1.807) is 0 Å². The molecule has 1 saturated heterocycles. The zero-order valence-corrected chi connectivity index (χ0v) is 16.6. The molecular weight excluding hydrogens is 326 g/mol. The highest BCUT2D eigenvalue weighted by Crippen LogP contribution is 2.22. The number of hydrogen-bond acceptors (Lipinski definition) is 6. The highest BCUT2D eigenvalue weighted by atomic mass is 16.7. The molecule has 0 spiro atoms. The maximum atomic E-state index is 12.0. The van der Waals surface area contributed by atoms with Crippen molar-refractivity contribution in [3.63, 3.8) is 0 Å². The first-order valence-electron chi connectivity index (χ1n) is 9.08. The molecule has 0 aliphatic carbocycles. The number of hydrogen-bond donors (Lipinski definition) is 1. The molecule has 7 heteroatoms. The summed E-state index contributed by atoms with van der Waals surface area (Å²) in [5.74, 6) is -0.564. The van der Waals surface area contributed by atoms with Crippen molar-refractivity contribution in [3.05, 3.63) is 0 Å². The summed E-state index contributed by atoms with van der Waals surface area (Å²) in [5.41, 5.74) is -0.542. The van der Waals surface area contributed by atoms with E-state index in [0.717, 1.165) is 12.8 Å². The Kier molecular flexibility index (Phi) is 9.13. The predicted octanol–water partition coefficient (Wildman–Crippen LogP) is 2.86. The van der Waals surface area contributed by atoms with Crippen LogP contribution in [0.15, 0.2) is 0 Å². The van der Waals surface area contributed by atoms with Crippen molar-refractivity contribution in [2.75, 3.05) is 33.0 Å². The van der Waals surface area contributed by atoms with Crippen LogP contribution in [0.4, 0.5) is 4.79 Å². The van der Waals surface area contributed by atoms with E-state index in [9.17, 15) is 4.79 Å². The standard InChI is InChI=1S/C18H35NO6/c1-7-8-9-21-10-14(19-16(20)25-17(2,3)4)11-22-12-15-13-23-18(5,6)24-15/h14-15H,7-13H2,1-6H3,(H,19,20)/t14-,15-/m1/s1. The molecular formula is C18H35NO6. The van der Waals surface area contributed by atoms with Crippen molar-refractivity contribution < 1.29 is 28.5 Å². The fourth-order valence-electron chi connectivity index (χ4n) is 2.26. The minimum absolute atomic E-state index is 0.0989. The van der Waals surface area contributed by atoms with E-state index < -0.39 is 17.5 Å². The van der Waals surface area contributed by atoms with Gasteiger partial charge in [0.25, 0.3) is 0 Å². The predicted molar refractivity (Wildman–Crippen MR) is 94.6 cm³/mol. The first-order valence-corrected chi connectivity index (χ1v) is 9.08. The molecule has 1 N–H and O–H groups in total. The van der Waals surface area contributed by atoms with Gasteiger partial charge in [-0.1, -0.05) is 13.3 Å². The van der Waals surface area contributed by atoms with Gasteiger partial charge in [0.05, 0.1) is 32.5 Å². The second kappa shape index (κ2) is 10.3. The van der Waals surface area contributed by atoms with Gasteiger partial charge in [-0.2, -0.15) is 0 Å². The van der Waals surface area contributed by atoms with E-state index in [-0.39, 0.29) is 12.1 Å². The molecule has 1 rings (SSSR count). The van der Waals surface area contributed by atoms with Crippen LogP contribution in [0, 0.1) is 0 Å². The Labute approximate surface area is 151 Å². The maximum Gasteiger partial charge on any atom is 0.408 e. The van der Waals surface area contributed by atoms with Crippen molar-refractivity contribution in [2.24, 2.45) is 0 Å². The molecule has 0 unspecified atom stereocenters. The molecule has 7 nitrogen and oxygen atoms in total. The Morgan fingerprint density at radius 3 is 2.52 bits per heavy atom. The molecule has 1 amide bonds. The summed E-state index contributed by atoms with van der Waals surface area (Å²) in [6, 6.07) is -0.276. The van der Waals surface area contributed by atoms with Crippen molar-refractivity contribution in [1.82, 2.24) is 5.32 Å². The van der Waals surface area contributed by atoms with Crippen molar-refractivity contribution in [2.45, 2.75) is 77.9 Å². The molecule has 0 bridgehead atoms. The second-order valence-corrected chi connectivity index (χ2v) is 7.76. The van der Waals surface area contributed by atoms with E-state index in [2.05, 4.69) is 12.2 Å². The Morgan fingerprint density at radius 2 is 1.96 bits per heavy atom. The summed E-state index contributed by atoms with van der Waals surface area (Å²) in [7, 11) is 0. The van der Waals surface area contributed by atoms with Crippen LogP contribution < -0.4 is 5.32 Å². The number of rotatable bonds is 10. The molecule has 0 aromatic carbocycles. The monoisotopic (exact) mass is 361 g/mol. The van der Waals surface area contributed by atoms with Gasteiger partial charge in [0.2, 0.25) is 0 Å². The maximum absolute atomic E-state index is 12.0. The van der Waals surface area contributed by atoms with E-state index in [0.29, 0.717) is 33.0 Å². The number of alkyl carbamates (subject to hydrolysis) is 1. The minimum atomic E-state index is -0.564. The van der Waals surface area contributed by atoms with Crippen LogP contribution in [-0.2, 0) is 23.7 Å². The largest absolute Gasteiger partial charge is 0.444 e. The summed E-state index contributed by atoms with van der Waals surface area (Å²) in [5, 5.41) is 2.81. The van der Waals surface area contributed by atoms with Gasteiger partial charge in [0.1, 0.15) is 11.7 Å². The van der Waals surface area contributed by atoms with E-state index in [1.807, 2.05) is 34.6 Å². The van der Waals surface area contributed by atoms with E-state index in [4.69, 9.17) is 23.7 Å². The first kappa shape index (κ1) is 22.2.